The third-order valence-corrected chi connectivity index (χ3v) is 5.88. The van der Waals surface area contributed by atoms with E-state index in [1.165, 1.54) is 44.3 Å². The van der Waals surface area contributed by atoms with Gasteiger partial charge < -0.3 is 0 Å². The minimum absolute atomic E-state index is 0.190. The lowest BCUT2D eigenvalue weighted by molar-refractivity contribution is 0.271. The van der Waals surface area contributed by atoms with E-state index in [0.717, 1.165) is 5.41 Å². The molecule has 0 atom stereocenters. The first-order valence-corrected chi connectivity index (χ1v) is 7.87. The molecule has 1 aliphatic carbocycles. The first kappa shape index (κ1) is 12.6. The normalized spacial score (nSPS) is 23.2. The summed E-state index contributed by atoms with van der Waals surface area (Å²) in [5, 5.41) is 0. The van der Waals surface area contributed by atoms with Gasteiger partial charge in [-0.1, -0.05) is 42.3 Å². The van der Waals surface area contributed by atoms with Crippen molar-refractivity contribution in [2.45, 2.75) is 44.3 Å². The molecule has 2 heteroatoms. The van der Waals surface area contributed by atoms with Crippen molar-refractivity contribution in [2.75, 3.05) is 13.1 Å². The maximum atomic E-state index is 2.59. The summed E-state index contributed by atoms with van der Waals surface area (Å²) < 4.78 is 2.78. The Morgan fingerprint density at radius 2 is 1.61 bits per heavy atom. The van der Waals surface area contributed by atoms with Crippen LogP contribution in [0.5, 0.6) is 0 Å². The lowest BCUT2D eigenvalue weighted by Gasteiger charge is -2.36. The van der Waals surface area contributed by atoms with Gasteiger partial charge in [-0.3, -0.25) is 0 Å². The summed E-state index contributed by atoms with van der Waals surface area (Å²) in [6.07, 6.45) is 5.83. The predicted octanol–water partition coefficient (Wildman–Crippen LogP) is 4.45. The molecule has 98 valence electrons. The quantitative estimate of drug-likeness (QED) is 0.740. The first-order valence-electron chi connectivity index (χ1n) is 7.09. The van der Waals surface area contributed by atoms with Crippen LogP contribution in [-0.2, 0) is 4.75 Å². The molecular formula is C16H23NS. The van der Waals surface area contributed by atoms with E-state index in [9.17, 15) is 0 Å². The van der Waals surface area contributed by atoms with Crippen molar-refractivity contribution in [3.63, 3.8) is 0 Å². The van der Waals surface area contributed by atoms with Crippen LogP contribution in [0.3, 0.4) is 0 Å². The first-order chi connectivity index (χ1) is 8.60. The van der Waals surface area contributed by atoms with Gasteiger partial charge in [-0.15, -0.1) is 0 Å². The molecule has 0 radical (unpaired) electrons. The molecule has 0 unspecified atom stereocenters. The molecule has 0 amide bonds. The van der Waals surface area contributed by atoms with Crippen molar-refractivity contribution in [3.05, 3.63) is 35.9 Å². The molecule has 1 spiro atoms. The number of benzene rings is 1. The molecule has 1 saturated heterocycles. The van der Waals surface area contributed by atoms with Gasteiger partial charge in [0.15, 0.2) is 0 Å². The predicted molar refractivity (Wildman–Crippen MR) is 79.5 cm³/mol. The maximum Gasteiger partial charge on any atom is 0.0498 e. The zero-order chi connectivity index (χ0) is 12.6. The molecule has 2 fully saturated rings. The highest BCUT2D eigenvalue weighted by atomic mass is 32.2. The standard InChI is InChI=1S/C16H23NS/c1-15(2,14-6-4-3-5-7-14)18-17-12-10-16(8-9-16)11-13-17/h3-7H,8-13H2,1-2H3. The Kier molecular flexibility index (Phi) is 3.19. The minimum Gasteiger partial charge on any atom is -0.250 e. The average molecular weight is 261 g/mol. The number of piperidine rings is 1. The Hall–Kier alpha value is -0.470. The van der Waals surface area contributed by atoms with Gasteiger partial charge in [-0.2, -0.15) is 0 Å². The molecule has 18 heavy (non-hydrogen) atoms. The fourth-order valence-corrected chi connectivity index (χ4v) is 4.20. The lowest BCUT2D eigenvalue weighted by atomic mass is 9.95. The fraction of sp³-hybridized carbons (Fsp3) is 0.625. The monoisotopic (exact) mass is 261 g/mol. The Balaban J connectivity index is 1.61. The molecule has 1 saturated carbocycles. The van der Waals surface area contributed by atoms with Gasteiger partial charge in [-0.05, 0) is 50.5 Å². The van der Waals surface area contributed by atoms with Crippen molar-refractivity contribution in [1.29, 1.82) is 0 Å². The van der Waals surface area contributed by atoms with Crippen LogP contribution in [0.2, 0.25) is 0 Å². The third-order valence-electron chi connectivity index (χ3n) is 4.57. The van der Waals surface area contributed by atoms with Gasteiger partial charge in [0.2, 0.25) is 0 Å². The largest absolute Gasteiger partial charge is 0.250 e. The molecule has 0 bridgehead atoms. The highest BCUT2D eigenvalue weighted by Gasteiger charge is 2.45. The van der Waals surface area contributed by atoms with E-state index < -0.39 is 0 Å². The van der Waals surface area contributed by atoms with Gasteiger partial charge in [0, 0.05) is 17.8 Å². The molecule has 1 aliphatic heterocycles. The summed E-state index contributed by atoms with van der Waals surface area (Å²) in [5.74, 6) is 0. The summed E-state index contributed by atoms with van der Waals surface area (Å²) >= 11 is 2.04. The molecular weight excluding hydrogens is 238 g/mol. The second-order valence-electron chi connectivity index (χ2n) is 6.40. The Labute approximate surface area is 115 Å². The number of rotatable bonds is 3. The third kappa shape index (κ3) is 2.60. The summed E-state index contributed by atoms with van der Waals surface area (Å²) in [6, 6.07) is 10.9. The number of nitrogens with zero attached hydrogens (tertiary/aromatic N) is 1. The van der Waals surface area contributed by atoms with Gasteiger partial charge in [0.25, 0.3) is 0 Å². The van der Waals surface area contributed by atoms with E-state index in [4.69, 9.17) is 0 Å². The van der Waals surface area contributed by atoms with Crippen LogP contribution in [0.15, 0.2) is 30.3 Å². The van der Waals surface area contributed by atoms with E-state index in [1.807, 2.05) is 11.9 Å². The van der Waals surface area contributed by atoms with Crippen molar-refractivity contribution >= 4 is 11.9 Å². The van der Waals surface area contributed by atoms with Crippen LogP contribution in [0.25, 0.3) is 0 Å². The molecule has 1 aromatic carbocycles. The smallest absolute Gasteiger partial charge is 0.0498 e. The number of hydrogen-bond donors (Lipinski definition) is 0. The maximum absolute atomic E-state index is 2.59. The molecule has 3 rings (SSSR count). The Bertz CT molecular complexity index is 398. The van der Waals surface area contributed by atoms with E-state index in [-0.39, 0.29) is 4.75 Å². The van der Waals surface area contributed by atoms with Crippen molar-refractivity contribution < 1.29 is 0 Å². The van der Waals surface area contributed by atoms with Crippen LogP contribution >= 0.6 is 11.9 Å². The van der Waals surface area contributed by atoms with Gasteiger partial charge in [-0.25, -0.2) is 4.31 Å². The van der Waals surface area contributed by atoms with Crippen molar-refractivity contribution in [2.24, 2.45) is 5.41 Å². The fourth-order valence-electron chi connectivity index (χ4n) is 2.94. The summed E-state index contributed by atoms with van der Waals surface area (Å²) in [5.41, 5.74) is 2.22. The van der Waals surface area contributed by atoms with Gasteiger partial charge in [0.1, 0.15) is 0 Å². The van der Waals surface area contributed by atoms with Crippen LogP contribution < -0.4 is 0 Å². The summed E-state index contributed by atoms with van der Waals surface area (Å²) in [7, 11) is 0. The summed E-state index contributed by atoms with van der Waals surface area (Å²) in [6.45, 7) is 7.24. The average Bonchev–Trinajstić information content (AvgIpc) is 3.13. The minimum atomic E-state index is 0.190. The Morgan fingerprint density at radius 3 is 2.17 bits per heavy atom. The molecule has 2 aliphatic rings. The van der Waals surface area contributed by atoms with Crippen LogP contribution in [0, 0.1) is 5.41 Å². The van der Waals surface area contributed by atoms with E-state index in [0.29, 0.717) is 0 Å². The zero-order valence-electron chi connectivity index (χ0n) is 11.5. The van der Waals surface area contributed by atoms with Crippen LogP contribution in [0.1, 0.15) is 45.1 Å². The SMILES string of the molecule is CC(C)(SN1CCC2(CC1)CC2)c1ccccc1. The second-order valence-corrected chi connectivity index (χ2v) is 8.12. The zero-order valence-corrected chi connectivity index (χ0v) is 12.3. The lowest BCUT2D eigenvalue weighted by Crippen LogP contribution is -2.32. The highest BCUT2D eigenvalue weighted by molar-refractivity contribution is 7.97. The van der Waals surface area contributed by atoms with E-state index >= 15 is 0 Å². The van der Waals surface area contributed by atoms with Gasteiger partial charge in [0.05, 0.1) is 0 Å². The van der Waals surface area contributed by atoms with Crippen LogP contribution in [0.4, 0.5) is 0 Å². The molecule has 1 heterocycles. The van der Waals surface area contributed by atoms with Crippen molar-refractivity contribution in [3.8, 4) is 0 Å². The summed E-state index contributed by atoms with van der Waals surface area (Å²) in [4.78, 5) is 0. The molecule has 1 nitrogen and oxygen atoms in total. The van der Waals surface area contributed by atoms with Crippen LogP contribution in [-0.4, -0.2) is 17.4 Å². The van der Waals surface area contributed by atoms with E-state index in [1.54, 1.807) is 0 Å². The second kappa shape index (κ2) is 4.57. The Morgan fingerprint density at radius 1 is 1.00 bits per heavy atom. The molecule has 0 N–H and O–H groups in total. The van der Waals surface area contributed by atoms with Crippen molar-refractivity contribution in [1.82, 2.24) is 4.31 Å². The molecule has 1 aromatic rings. The van der Waals surface area contributed by atoms with E-state index in [2.05, 4.69) is 48.5 Å². The van der Waals surface area contributed by atoms with Gasteiger partial charge >= 0.3 is 0 Å². The topological polar surface area (TPSA) is 3.24 Å². The highest BCUT2D eigenvalue weighted by Crippen LogP contribution is 2.55. The number of hydrogen-bond acceptors (Lipinski definition) is 2. The molecule has 0 aromatic heterocycles.